The van der Waals surface area contributed by atoms with Gasteiger partial charge in [0.2, 0.25) is 0 Å². The molecule has 2 rings (SSSR count). The summed E-state index contributed by atoms with van der Waals surface area (Å²) < 4.78 is 0. The molecule has 1 aromatic rings. The Hall–Kier alpha value is -1.26. The van der Waals surface area contributed by atoms with Crippen molar-refractivity contribution in [1.82, 2.24) is 10.2 Å². The second kappa shape index (κ2) is 7.14. The van der Waals surface area contributed by atoms with Crippen molar-refractivity contribution in [2.75, 3.05) is 19.6 Å². The normalized spacial score (nSPS) is 21.0. The molecule has 1 aliphatic rings. The summed E-state index contributed by atoms with van der Waals surface area (Å²) in [6.45, 7) is 7.26. The van der Waals surface area contributed by atoms with Gasteiger partial charge in [-0.15, -0.1) is 0 Å². The molecular weight excluding hydrogens is 288 g/mol. The van der Waals surface area contributed by atoms with Crippen molar-refractivity contribution in [1.29, 1.82) is 0 Å². The van der Waals surface area contributed by atoms with Crippen molar-refractivity contribution in [2.45, 2.75) is 32.7 Å². The van der Waals surface area contributed by atoms with E-state index in [2.05, 4.69) is 17.1 Å². The van der Waals surface area contributed by atoms with E-state index in [1.807, 2.05) is 6.92 Å². The van der Waals surface area contributed by atoms with Gasteiger partial charge >= 0.3 is 0 Å². The Kier molecular flexibility index (Phi) is 5.48. The third-order valence-corrected chi connectivity index (χ3v) is 4.09. The summed E-state index contributed by atoms with van der Waals surface area (Å²) in [5.41, 5.74) is 0.223. The SMILES string of the molecule is CC1CCCN(CC(C)NC(=O)c2cc(Cl)ccc2O)C1. The van der Waals surface area contributed by atoms with Crippen LogP contribution in [-0.2, 0) is 0 Å². The summed E-state index contributed by atoms with van der Waals surface area (Å²) in [4.78, 5) is 14.6. The van der Waals surface area contributed by atoms with Gasteiger partial charge in [0.25, 0.3) is 5.91 Å². The van der Waals surface area contributed by atoms with Crippen LogP contribution in [0.1, 0.15) is 37.0 Å². The number of benzene rings is 1. The lowest BCUT2D eigenvalue weighted by Crippen LogP contribution is -2.45. The quantitative estimate of drug-likeness (QED) is 0.899. The van der Waals surface area contributed by atoms with Gasteiger partial charge in [-0.05, 0) is 50.4 Å². The van der Waals surface area contributed by atoms with Crippen LogP contribution < -0.4 is 5.32 Å². The van der Waals surface area contributed by atoms with Crippen LogP contribution in [0, 0.1) is 5.92 Å². The predicted molar refractivity (Wildman–Crippen MR) is 84.9 cm³/mol. The Morgan fingerprint density at radius 2 is 2.33 bits per heavy atom. The van der Waals surface area contributed by atoms with Gasteiger partial charge < -0.3 is 15.3 Å². The number of amides is 1. The van der Waals surface area contributed by atoms with Gasteiger partial charge in [0.1, 0.15) is 5.75 Å². The first-order chi connectivity index (χ1) is 9.95. The number of phenolic OH excluding ortho intramolecular Hbond substituents is 1. The molecule has 0 spiro atoms. The lowest BCUT2D eigenvalue weighted by molar-refractivity contribution is 0.0917. The molecule has 4 nitrogen and oxygen atoms in total. The van der Waals surface area contributed by atoms with Gasteiger partial charge in [-0.25, -0.2) is 0 Å². The number of carbonyl (C=O) groups excluding carboxylic acids is 1. The topological polar surface area (TPSA) is 52.6 Å². The molecule has 2 atom stereocenters. The lowest BCUT2D eigenvalue weighted by atomic mass is 10.00. The first-order valence-corrected chi connectivity index (χ1v) is 7.85. The zero-order valence-electron chi connectivity index (χ0n) is 12.6. The Balaban J connectivity index is 1.91. The molecule has 1 saturated heterocycles. The van der Waals surface area contributed by atoms with Crippen LogP contribution in [0.4, 0.5) is 0 Å². The van der Waals surface area contributed by atoms with Gasteiger partial charge in [-0.1, -0.05) is 18.5 Å². The number of phenols is 1. The molecule has 0 aromatic heterocycles. The van der Waals surface area contributed by atoms with E-state index < -0.39 is 0 Å². The molecule has 2 N–H and O–H groups in total. The zero-order chi connectivity index (χ0) is 15.4. The second-order valence-corrected chi connectivity index (χ2v) is 6.48. The van der Waals surface area contributed by atoms with Crippen LogP contribution in [0.3, 0.4) is 0 Å². The molecule has 5 heteroatoms. The molecule has 0 radical (unpaired) electrons. The number of halogens is 1. The molecular formula is C16H23ClN2O2. The highest BCUT2D eigenvalue weighted by atomic mass is 35.5. The first-order valence-electron chi connectivity index (χ1n) is 7.47. The lowest BCUT2D eigenvalue weighted by Gasteiger charge is -2.32. The highest BCUT2D eigenvalue weighted by molar-refractivity contribution is 6.31. The Morgan fingerprint density at radius 1 is 1.57 bits per heavy atom. The van der Waals surface area contributed by atoms with E-state index in [0.717, 1.165) is 25.6 Å². The molecule has 2 unspecified atom stereocenters. The second-order valence-electron chi connectivity index (χ2n) is 6.04. The molecule has 1 fully saturated rings. The Morgan fingerprint density at radius 3 is 3.05 bits per heavy atom. The molecule has 0 bridgehead atoms. The van der Waals surface area contributed by atoms with E-state index in [1.165, 1.54) is 25.0 Å². The average Bonchev–Trinajstić information content (AvgIpc) is 2.41. The van der Waals surface area contributed by atoms with E-state index in [4.69, 9.17) is 11.6 Å². The smallest absolute Gasteiger partial charge is 0.255 e. The maximum atomic E-state index is 12.2. The van der Waals surface area contributed by atoms with Crippen molar-refractivity contribution in [2.24, 2.45) is 5.92 Å². The van der Waals surface area contributed by atoms with Crippen molar-refractivity contribution in [3.8, 4) is 5.75 Å². The van der Waals surface area contributed by atoms with Gasteiger partial charge in [0, 0.05) is 24.2 Å². The maximum absolute atomic E-state index is 12.2. The molecule has 1 aromatic carbocycles. The van der Waals surface area contributed by atoms with Crippen LogP contribution in [0.15, 0.2) is 18.2 Å². The van der Waals surface area contributed by atoms with Gasteiger partial charge in [0.15, 0.2) is 0 Å². The fraction of sp³-hybridized carbons (Fsp3) is 0.562. The molecule has 0 saturated carbocycles. The van der Waals surface area contributed by atoms with Gasteiger partial charge in [0.05, 0.1) is 5.56 Å². The average molecular weight is 311 g/mol. The summed E-state index contributed by atoms with van der Waals surface area (Å²) >= 11 is 5.87. The van der Waals surface area contributed by atoms with E-state index >= 15 is 0 Å². The van der Waals surface area contributed by atoms with Crippen LogP contribution >= 0.6 is 11.6 Å². The summed E-state index contributed by atoms with van der Waals surface area (Å²) in [5, 5.41) is 13.1. The number of hydrogen-bond donors (Lipinski definition) is 2. The number of nitrogens with one attached hydrogen (secondary N) is 1. The van der Waals surface area contributed by atoms with Crippen LogP contribution in [-0.4, -0.2) is 41.6 Å². The fourth-order valence-corrected chi connectivity index (χ4v) is 3.05. The highest BCUT2D eigenvalue weighted by Gasteiger charge is 2.20. The van der Waals surface area contributed by atoms with Crippen LogP contribution in [0.5, 0.6) is 5.75 Å². The number of carbonyl (C=O) groups is 1. The van der Waals surface area contributed by atoms with E-state index in [9.17, 15) is 9.90 Å². The van der Waals surface area contributed by atoms with Gasteiger partial charge in [-0.2, -0.15) is 0 Å². The van der Waals surface area contributed by atoms with Crippen molar-refractivity contribution in [3.05, 3.63) is 28.8 Å². The van der Waals surface area contributed by atoms with Crippen LogP contribution in [0.2, 0.25) is 5.02 Å². The van der Waals surface area contributed by atoms with Crippen molar-refractivity contribution < 1.29 is 9.90 Å². The molecule has 1 aliphatic heterocycles. The third-order valence-electron chi connectivity index (χ3n) is 3.85. The van der Waals surface area contributed by atoms with Gasteiger partial charge in [-0.3, -0.25) is 4.79 Å². The minimum atomic E-state index is -0.285. The Bertz CT molecular complexity index is 507. The largest absolute Gasteiger partial charge is 0.507 e. The number of nitrogens with zero attached hydrogens (tertiary/aromatic N) is 1. The predicted octanol–water partition coefficient (Wildman–Crippen LogP) is 2.90. The van der Waals surface area contributed by atoms with E-state index in [1.54, 1.807) is 6.07 Å². The summed E-state index contributed by atoms with van der Waals surface area (Å²) in [6.07, 6.45) is 2.50. The minimum absolute atomic E-state index is 0.0289. The van der Waals surface area contributed by atoms with Crippen LogP contribution in [0.25, 0.3) is 0 Å². The Labute approximate surface area is 131 Å². The minimum Gasteiger partial charge on any atom is -0.507 e. The van der Waals surface area contributed by atoms with E-state index in [0.29, 0.717) is 5.02 Å². The van der Waals surface area contributed by atoms with Crippen molar-refractivity contribution in [3.63, 3.8) is 0 Å². The molecule has 116 valence electrons. The summed E-state index contributed by atoms with van der Waals surface area (Å²) in [5.74, 6) is 0.391. The molecule has 1 amide bonds. The number of hydrogen-bond acceptors (Lipinski definition) is 3. The highest BCUT2D eigenvalue weighted by Crippen LogP contribution is 2.21. The fourth-order valence-electron chi connectivity index (χ4n) is 2.88. The standard InChI is InChI=1S/C16H23ClN2O2/c1-11-4-3-7-19(9-11)10-12(2)18-16(21)14-8-13(17)5-6-15(14)20/h5-6,8,11-12,20H,3-4,7,9-10H2,1-2H3,(H,18,21). The summed E-state index contributed by atoms with van der Waals surface area (Å²) in [6, 6.07) is 4.52. The molecule has 0 aliphatic carbocycles. The van der Waals surface area contributed by atoms with Crippen molar-refractivity contribution >= 4 is 17.5 Å². The van der Waals surface area contributed by atoms with E-state index in [-0.39, 0.29) is 23.3 Å². The summed E-state index contributed by atoms with van der Waals surface area (Å²) in [7, 11) is 0. The zero-order valence-corrected chi connectivity index (χ0v) is 13.4. The number of rotatable bonds is 4. The number of likely N-dealkylation sites (tertiary alicyclic amines) is 1. The number of aromatic hydroxyl groups is 1. The monoisotopic (exact) mass is 310 g/mol. The molecule has 1 heterocycles. The molecule has 21 heavy (non-hydrogen) atoms. The first kappa shape index (κ1) is 16.1. The number of piperidine rings is 1. The maximum Gasteiger partial charge on any atom is 0.255 e. The third kappa shape index (κ3) is 4.61.